The third-order valence-electron chi connectivity index (χ3n) is 4.71. The number of rotatable bonds is 6. The highest BCUT2D eigenvalue weighted by Crippen LogP contribution is 2.34. The summed E-state index contributed by atoms with van der Waals surface area (Å²) < 4.78 is 65.3. The third kappa shape index (κ3) is 5.67. The minimum atomic E-state index is -4.60. The van der Waals surface area contributed by atoms with Crippen molar-refractivity contribution in [2.24, 2.45) is 0 Å². The number of hydrogen-bond donors (Lipinski definition) is 1. The number of carbonyl (C=O) groups is 1. The Morgan fingerprint density at radius 3 is 2.22 bits per heavy atom. The topological polar surface area (TPSA) is 66.5 Å². The molecule has 168 valence electrons. The Labute approximate surface area is 184 Å². The average Bonchev–Trinajstić information content (AvgIpc) is 2.71. The fourth-order valence-electron chi connectivity index (χ4n) is 3.14. The zero-order valence-electron chi connectivity index (χ0n) is 17.3. The lowest BCUT2D eigenvalue weighted by molar-refractivity contribution is -0.136. The van der Waals surface area contributed by atoms with Crippen molar-refractivity contribution in [3.8, 4) is 0 Å². The van der Waals surface area contributed by atoms with Crippen LogP contribution in [0, 0.1) is 6.92 Å². The first-order valence-electron chi connectivity index (χ1n) is 9.56. The molecule has 0 radical (unpaired) electrons. The molecule has 3 aromatic rings. The van der Waals surface area contributed by atoms with Gasteiger partial charge >= 0.3 is 6.18 Å². The number of anilines is 2. The Balaban J connectivity index is 1.80. The summed E-state index contributed by atoms with van der Waals surface area (Å²) in [6.07, 6.45) is -3.49. The molecule has 1 N–H and O–H groups in total. The van der Waals surface area contributed by atoms with Crippen molar-refractivity contribution in [1.29, 1.82) is 0 Å². The highest BCUT2D eigenvalue weighted by atomic mass is 32.2. The van der Waals surface area contributed by atoms with E-state index in [4.69, 9.17) is 0 Å². The van der Waals surface area contributed by atoms with Gasteiger partial charge in [-0.25, -0.2) is 8.42 Å². The maximum absolute atomic E-state index is 13.1. The molecule has 3 aromatic carbocycles. The summed E-state index contributed by atoms with van der Waals surface area (Å²) in [5.74, 6) is -0.702. The van der Waals surface area contributed by atoms with Crippen LogP contribution < -0.4 is 9.62 Å². The molecule has 0 bridgehead atoms. The largest absolute Gasteiger partial charge is 0.418 e. The van der Waals surface area contributed by atoms with Crippen molar-refractivity contribution in [2.45, 2.75) is 19.6 Å². The third-order valence-corrected chi connectivity index (χ3v) is 5.85. The van der Waals surface area contributed by atoms with Gasteiger partial charge < -0.3 is 5.32 Å². The lowest BCUT2D eigenvalue weighted by Gasteiger charge is -2.23. The van der Waals surface area contributed by atoms with Crippen LogP contribution in [0.3, 0.4) is 0 Å². The van der Waals surface area contributed by atoms with Gasteiger partial charge in [0.1, 0.15) is 0 Å². The van der Waals surface area contributed by atoms with Gasteiger partial charge in [-0.3, -0.25) is 9.10 Å². The van der Waals surface area contributed by atoms with Crippen molar-refractivity contribution in [3.63, 3.8) is 0 Å². The molecular formula is C23H21F3N2O3S. The van der Waals surface area contributed by atoms with Crippen LogP contribution in [-0.4, -0.2) is 20.6 Å². The average molecular weight is 462 g/mol. The number of halogens is 3. The van der Waals surface area contributed by atoms with E-state index in [1.54, 1.807) is 30.3 Å². The predicted octanol–water partition coefficient (Wildman–Crippen LogP) is 5.23. The van der Waals surface area contributed by atoms with Gasteiger partial charge in [-0.1, -0.05) is 36.4 Å². The summed E-state index contributed by atoms with van der Waals surface area (Å²) in [6.45, 7) is 1.90. The fraction of sp³-hybridized carbons (Fsp3) is 0.174. The normalized spacial score (nSPS) is 11.8. The smallest absolute Gasteiger partial charge is 0.321 e. The number of carbonyl (C=O) groups excluding carboxylic acids is 1. The Morgan fingerprint density at radius 2 is 1.62 bits per heavy atom. The molecule has 0 aromatic heterocycles. The number of aryl methyl sites for hydroxylation is 1. The Morgan fingerprint density at radius 1 is 0.969 bits per heavy atom. The van der Waals surface area contributed by atoms with Crippen molar-refractivity contribution in [2.75, 3.05) is 15.9 Å². The van der Waals surface area contributed by atoms with Crippen LogP contribution in [-0.2, 0) is 22.7 Å². The highest BCUT2D eigenvalue weighted by molar-refractivity contribution is 7.92. The number of nitrogens with one attached hydrogen (secondary N) is 1. The van der Waals surface area contributed by atoms with Gasteiger partial charge in [0.2, 0.25) is 10.0 Å². The van der Waals surface area contributed by atoms with Crippen molar-refractivity contribution >= 4 is 27.3 Å². The van der Waals surface area contributed by atoms with Crippen LogP contribution in [0.5, 0.6) is 0 Å². The first kappa shape index (κ1) is 23.3. The standard InChI is InChI=1S/C23H21F3N2O3S/c1-16-6-5-7-19(14-16)28(32(2,30)31)15-17-10-12-18(13-11-17)22(29)27-21-9-4-3-8-20(21)23(24,25)26/h3-14H,15H2,1-2H3,(H,27,29). The summed E-state index contributed by atoms with van der Waals surface area (Å²) in [4.78, 5) is 12.5. The molecule has 9 heteroatoms. The molecule has 0 fully saturated rings. The maximum Gasteiger partial charge on any atom is 0.418 e. The van der Waals surface area contributed by atoms with Gasteiger partial charge in [0.25, 0.3) is 5.91 Å². The Hall–Kier alpha value is -3.33. The SMILES string of the molecule is Cc1cccc(N(Cc2ccc(C(=O)Nc3ccccc3C(F)(F)F)cc2)S(C)(=O)=O)c1. The number of benzene rings is 3. The monoisotopic (exact) mass is 462 g/mol. The van der Waals surface area contributed by atoms with Crippen LogP contribution in [0.25, 0.3) is 0 Å². The number of amides is 1. The molecule has 32 heavy (non-hydrogen) atoms. The van der Waals surface area contributed by atoms with Gasteiger partial charge in [0, 0.05) is 5.56 Å². The molecule has 0 aliphatic rings. The number of sulfonamides is 1. The summed E-state index contributed by atoms with van der Waals surface area (Å²) >= 11 is 0. The van der Waals surface area contributed by atoms with E-state index >= 15 is 0 Å². The van der Waals surface area contributed by atoms with Crippen LogP contribution >= 0.6 is 0 Å². The number of para-hydroxylation sites is 1. The second-order valence-corrected chi connectivity index (χ2v) is 9.21. The van der Waals surface area contributed by atoms with E-state index in [1.807, 2.05) is 13.0 Å². The molecule has 0 unspecified atom stereocenters. The van der Waals surface area contributed by atoms with Crippen LogP contribution in [0.15, 0.2) is 72.8 Å². The second-order valence-electron chi connectivity index (χ2n) is 7.30. The van der Waals surface area contributed by atoms with Crippen LogP contribution in [0.1, 0.15) is 27.0 Å². The van der Waals surface area contributed by atoms with E-state index < -0.39 is 27.7 Å². The minimum absolute atomic E-state index is 0.0428. The molecule has 0 heterocycles. The van der Waals surface area contributed by atoms with E-state index in [2.05, 4.69) is 5.32 Å². The van der Waals surface area contributed by atoms with E-state index in [1.165, 1.54) is 34.6 Å². The predicted molar refractivity (Wildman–Crippen MR) is 118 cm³/mol. The highest BCUT2D eigenvalue weighted by Gasteiger charge is 2.33. The lowest BCUT2D eigenvalue weighted by Crippen LogP contribution is -2.29. The minimum Gasteiger partial charge on any atom is -0.321 e. The van der Waals surface area contributed by atoms with E-state index in [9.17, 15) is 26.4 Å². The van der Waals surface area contributed by atoms with E-state index in [0.717, 1.165) is 17.9 Å². The quantitative estimate of drug-likeness (QED) is 0.545. The molecule has 0 aliphatic carbocycles. The zero-order valence-corrected chi connectivity index (χ0v) is 18.2. The first-order valence-corrected chi connectivity index (χ1v) is 11.4. The molecule has 0 saturated heterocycles. The van der Waals surface area contributed by atoms with E-state index in [0.29, 0.717) is 11.3 Å². The second kappa shape index (κ2) is 9.04. The van der Waals surface area contributed by atoms with Crippen LogP contribution in [0.2, 0.25) is 0 Å². The lowest BCUT2D eigenvalue weighted by atomic mass is 10.1. The molecule has 5 nitrogen and oxygen atoms in total. The summed E-state index contributed by atoms with van der Waals surface area (Å²) in [6, 6.07) is 17.8. The van der Waals surface area contributed by atoms with Gasteiger partial charge in [-0.05, 0) is 54.4 Å². The van der Waals surface area contributed by atoms with Crippen molar-refractivity contribution in [3.05, 3.63) is 95.1 Å². The van der Waals surface area contributed by atoms with Crippen molar-refractivity contribution < 1.29 is 26.4 Å². The summed E-state index contributed by atoms with van der Waals surface area (Å²) in [5.41, 5.74) is 0.903. The molecule has 0 aliphatic heterocycles. The van der Waals surface area contributed by atoms with Crippen molar-refractivity contribution in [1.82, 2.24) is 0 Å². The van der Waals surface area contributed by atoms with Gasteiger partial charge in [-0.2, -0.15) is 13.2 Å². The summed E-state index contributed by atoms with van der Waals surface area (Å²) in [7, 11) is -3.57. The summed E-state index contributed by atoms with van der Waals surface area (Å²) in [5, 5.41) is 2.28. The molecule has 0 saturated carbocycles. The fourth-order valence-corrected chi connectivity index (χ4v) is 4.02. The zero-order chi connectivity index (χ0) is 23.5. The first-order chi connectivity index (χ1) is 14.9. The van der Waals surface area contributed by atoms with Gasteiger partial charge in [0.15, 0.2) is 0 Å². The van der Waals surface area contributed by atoms with E-state index in [-0.39, 0.29) is 17.8 Å². The maximum atomic E-state index is 13.1. The number of nitrogens with zero attached hydrogens (tertiary/aromatic N) is 1. The Kier molecular flexibility index (Phi) is 6.59. The van der Waals surface area contributed by atoms with Crippen LogP contribution in [0.4, 0.5) is 24.5 Å². The molecule has 3 rings (SSSR count). The molecule has 0 spiro atoms. The Bertz CT molecular complexity index is 1220. The molecule has 1 amide bonds. The molecule has 0 atom stereocenters. The molecular weight excluding hydrogens is 441 g/mol. The van der Waals surface area contributed by atoms with Gasteiger partial charge in [-0.15, -0.1) is 0 Å². The van der Waals surface area contributed by atoms with Gasteiger partial charge in [0.05, 0.1) is 29.7 Å². The number of alkyl halides is 3. The number of hydrogen-bond acceptors (Lipinski definition) is 3.